The Labute approximate surface area is 179 Å². The van der Waals surface area contributed by atoms with Crippen molar-refractivity contribution in [3.63, 3.8) is 0 Å². The molecule has 1 saturated heterocycles. The molecule has 3 aliphatic rings. The number of ether oxygens (including phenoxy) is 1. The number of hydrogen-bond acceptors (Lipinski definition) is 5. The Hall–Kier alpha value is -3.13. The minimum absolute atomic E-state index is 0.0565. The van der Waals surface area contributed by atoms with E-state index in [1.54, 1.807) is 0 Å². The van der Waals surface area contributed by atoms with E-state index in [1.165, 1.54) is 23.4 Å². The van der Waals surface area contributed by atoms with Crippen LogP contribution in [0, 0.1) is 5.82 Å². The monoisotopic (exact) mass is 424 g/mol. The van der Waals surface area contributed by atoms with Crippen LogP contribution < -0.4 is 20.7 Å². The molecule has 0 aliphatic carbocycles. The molecule has 0 bridgehead atoms. The van der Waals surface area contributed by atoms with Crippen LogP contribution in [0.5, 0.6) is 5.75 Å². The number of primary amides is 1. The van der Waals surface area contributed by atoms with E-state index in [4.69, 9.17) is 10.5 Å². The Morgan fingerprint density at radius 2 is 2.16 bits per heavy atom. The second kappa shape index (κ2) is 7.85. The van der Waals surface area contributed by atoms with Crippen LogP contribution in [0.1, 0.15) is 34.7 Å². The molecule has 5 rings (SSSR count). The van der Waals surface area contributed by atoms with Crippen molar-refractivity contribution in [1.29, 1.82) is 0 Å². The van der Waals surface area contributed by atoms with Crippen LogP contribution in [0.3, 0.4) is 0 Å². The van der Waals surface area contributed by atoms with Gasteiger partial charge in [0.25, 0.3) is 5.91 Å². The molecule has 8 heteroatoms. The van der Waals surface area contributed by atoms with E-state index >= 15 is 0 Å². The third kappa shape index (κ3) is 3.61. The van der Waals surface area contributed by atoms with Gasteiger partial charge >= 0.3 is 0 Å². The Kier molecular flexibility index (Phi) is 5.02. The Bertz CT molecular complexity index is 1040. The summed E-state index contributed by atoms with van der Waals surface area (Å²) in [6.45, 7) is 3.61. The van der Waals surface area contributed by atoms with Crippen LogP contribution in [-0.2, 0) is 4.79 Å². The number of benzene rings is 2. The zero-order chi connectivity index (χ0) is 21.5. The highest BCUT2D eigenvalue weighted by Crippen LogP contribution is 2.49. The van der Waals surface area contributed by atoms with Crippen molar-refractivity contribution in [2.45, 2.75) is 24.8 Å². The lowest BCUT2D eigenvalue weighted by atomic mass is 9.89. The Balaban J connectivity index is 1.20. The Morgan fingerprint density at radius 3 is 3.00 bits per heavy atom. The number of likely N-dealkylation sites (tertiary alicyclic amines) is 1. The first-order valence-electron chi connectivity index (χ1n) is 10.6. The average molecular weight is 424 g/mol. The molecule has 1 fully saturated rings. The number of para-hydroxylation sites is 1. The van der Waals surface area contributed by atoms with Gasteiger partial charge in [-0.2, -0.15) is 0 Å². The number of carbonyl (C=O) groups excluding carboxylic acids is 2. The number of fused-ring (bicyclic) bond motifs is 3. The summed E-state index contributed by atoms with van der Waals surface area (Å²) in [5.74, 6) is -0.461. The standard InChI is InChI=1S/C23H25FN4O3/c24-14-5-6-20(16(11-14)23(25)30)31-10-2-8-27-9-7-19-17(12-27)15-3-1-4-18-22(15)28(19)13-21(29)26-18/h1,3-6,11,17,19H,2,7-10,12-13H2,(H2,25,30)(H,26,29)/t17-,19-/m0/s1. The normalized spacial score (nSPS) is 22.0. The van der Waals surface area contributed by atoms with Gasteiger partial charge in [-0.1, -0.05) is 12.1 Å². The van der Waals surface area contributed by atoms with Gasteiger partial charge in [0.2, 0.25) is 5.91 Å². The summed E-state index contributed by atoms with van der Waals surface area (Å²) in [4.78, 5) is 28.3. The third-order valence-corrected chi connectivity index (χ3v) is 6.49. The van der Waals surface area contributed by atoms with Crippen molar-refractivity contribution in [1.82, 2.24) is 4.90 Å². The molecule has 3 aliphatic heterocycles. The fourth-order valence-corrected chi connectivity index (χ4v) is 5.17. The first-order valence-corrected chi connectivity index (χ1v) is 10.6. The van der Waals surface area contributed by atoms with Crippen molar-refractivity contribution in [3.05, 3.63) is 53.3 Å². The fraction of sp³-hybridized carbons (Fsp3) is 0.391. The second-order valence-electron chi connectivity index (χ2n) is 8.39. The topological polar surface area (TPSA) is 87.9 Å². The zero-order valence-corrected chi connectivity index (χ0v) is 17.1. The number of halogens is 1. The first kappa shape index (κ1) is 19.8. The first-order chi connectivity index (χ1) is 15.0. The van der Waals surface area contributed by atoms with E-state index < -0.39 is 11.7 Å². The maximum Gasteiger partial charge on any atom is 0.252 e. The quantitative estimate of drug-likeness (QED) is 0.695. The molecule has 2 atom stereocenters. The number of rotatable bonds is 6. The molecule has 0 aromatic heterocycles. The molecular weight excluding hydrogens is 399 g/mol. The van der Waals surface area contributed by atoms with Crippen LogP contribution >= 0.6 is 0 Å². The van der Waals surface area contributed by atoms with Gasteiger partial charge in [0.05, 0.1) is 30.1 Å². The molecule has 0 unspecified atom stereocenters. The molecule has 0 saturated carbocycles. The summed E-state index contributed by atoms with van der Waals surface area (Å²) < 4.78 is 19.1. The molecule has 2 amide bonds. The van der Waals surface area contributed by atoms with Crippen molar-refractivity contribution >= 4 is 23.2 Å². The van der Waals surface area contributed by atoms with Crippen LogP contribution in [0.4, 0.5) is 15.8 Å². The molecule has 2 aromatic carbocycles. The van der Waals surface area contributed by atoms with Crippen LogP contribution in [0.15, 0.2) is 36.4 Å². The SMILES string of the molecule is NC(=O)c1cc(F)ccc1OCCCN1CC[C@H]2[C@@H](C1)c1cccc3c1N2CC(=O)N3. The van der Waals surface area contributed by atoms with Gasteiger partial charge in [-0.25, -0.2) is 4.39 Å². The van der Waals surface area contributed by atoms with Crippen molar-refractivity contribution in [2.24, 2.45) is 5.73 Å². The smallest absolute Gasteiger partial charge is 0.252 e. The lowest BCUT2D eigenvalue weighted by Gasteiger charge is -2.39. The van der Waals surface area contributed by atoms with Gasteiger partial charge in [0, 0.05) is 31.6 Å². The summed E-state index contributed by atoms with van der Waals surface area (Å²) in [5.41, 5.74) is 8.82. The summed E-state index contributed by atoms with van der Waals surface area (Å²) in [5, 5.41) is 3.00. The molecule has 31 heavy (non-hydrogen) atoms. The maximum atomic E-state index is 13.4. The Morgan fingerprint density at radius 1 is 1.29 bits per heavy atom. The van der Waals surface area contributed by atoms with E-state index in [0.717, 1.165) is 44.2 Å². The van der Waals surface area contributed by atoms with Gasteiger partial charge < -0.3 is 25.6 Å². The van der Waals surface area contributed by atoms with Crippen molar-refractivity contribution in [3.8, 4) is 5.75 Å². The molecule has 7 nitrogen and oxygen atoms in total. The zero-order valence-electron chi connectivity index (χ0n) is 17.1. The van der Waals surface area contributed by atoms with Gasteiger partial charge in [-0.15, -0.1) is 0 Å². The fourth-order valence-electron chi connectivity index (χ4n) is 5.17. The summed E-state index contributed by atoms with van der Waals surface area (Å²) in [7, 11) is 0. The summed E-state index contributed by atoms with van der Waals surface area (Å²) in [6, 6.07) is 10.4. The highest BCUT2D eigenvalue weighted by atomic mass is 19.1. The predicted octanol–water partition coefficient (Wildman–Crippen LogP) is 2.32. The number of nitrogens with one attached hydrogen (secondary N) is 1. The number of amides is 2. The number of carbonyl (C=O) groups is 2. The molecule has 0 radical (unpaired) electrons. The van der Waals surface area contributed by atoms with Gasteiger partial charge in [-0.3, -0.25) is 9.59 Å². The van der Waals surface area contributed by atoms with Gasteiger partial charge in [0.15, 0.2) is 0 Å². The summed E-state index contributed by atoms with van der Waals surface area (Å²) in [6.07, 6.45) is 1.79. The van der Waals surface area contributed by atoms with E-state index in [0.29, 0.717) is 30.9 Å². The largest absolute Gasteiger partial charge is 0.493 e. The highest BCUT2D eigenvalue weighted by Gasteiger charge is 2.44. The maximum absolute atomic E-state index is 13.4. The average Bonchev–Trinajstić information content (AvgIpc) is 3.06. The summed E-state index contributed by atoms with van der Waals surface area (Å²) >= 11 is 0. The van der Waals surface area contributed by atoms with Crippen LogP contribution in [-0.4, -0.2) is 55.5 Å². The molecule has 2 aromatic rings. The molecular formula is C23H25FN4O3. The molecule has 3 N–H and O–H groups in total. The third-order valence-electron chi connectivity index (χ3n) is 6.49. The number of piperidine rings is 1. The lowest BCUT2D eigenvalue weighted by molar-refractivity contribution is -0.115. The lowest BCUT2D eigenvalue weighted by Crippen LogP contribution is -2.49. The van der Waals surface area contributed by atoms with E-state index in [-0.39, 0.29) is 11.5 Å². The molecule has 0 spiro atoms. The molecule has 162 valence electrons. The minimum Gasteiger partial charge on any atom is -0.493 e. The van der Waals surface area contributed by atoms with Gasteiger partial charge in [0.1, 0.15) is 11.6 Å². The van der Waals surface area contributed by atoms with Crippen LogP contribution in [0.25, 0.3) is 0 Å². The van der Waals surface area contributed by atoms with Crippen molar-refractivity contribution in [2.75, 3.05) is 43.0 Å². The number of nitrogens with zero attached hydrogens (tertiary/aromatic N) is 2. The second-order valence-corrected chi connectivity index (χ2v) is 8.39. The molecule has 3 heterocycles. The van der Waals surface area contributed by atoms with Crippen molar-refractivity contribution < 1.29 is 18.7 Å². The predicted molar refractivity (Wildman–Crippen MR) is 115 cm³/mol. The van der Waals surface area contributed by atoms with E-state index in [2.05, 4.69) is 21.2 Å². The highest BCUT2D eigenvalue weighted by molar-refractivity contribution is 6.03. The number of hydrogen-bond donors (Lipinski definition) is 2. The van der Waals surface area contributed by atoms with Gasteiger partial charge in [-0.05, 0) is 42.7 Å². The number of nitrogens with two attached hydrogens (primary N) is 1. The minimum atomic E-state index is -0.703. The number of anilines is 2. The van der Waals surface area contributed by atoms with E-state index in [9.17, 15) is 14.0 Å². The van der Waals surface area contributed by atoms with E-state index in [1.807, 2.05) is 12.1 Å². The van der Waals surface area contributed by atoms with Crippen LogP contribution in [0.2, 0.25) is 0 Å².